The van der Waals surface area contributed by atoms with Gasteiger partial charge in [0.25, 0.3) is 0 Å². The third kappa shape index (κ3) is 2.15. The minimum Gasteiger partial charge on any atom is -0.389 e. The van der Waals surface area contributed by atoms with Gasteiger partial charge in [0.05, 0.1) is 5.60 Å². The first-order valence-corrected chi connectivity index (χ1v) is 8.30. The molecule has 5 heteroatoms. The highest BCUT2D eigenvalue weighted by atomic mass is 32.1. The van der Waals surface area contributed by atoms with Crippen LogP contribution in [0.5, 0.6) is 0 Å². The van der Waals surface area contributed by atoms with Crippen molar-refractivity contribution in [3.8, 4) is 0 Å². The van der Waals surface area contributed by atoms with Gasteiger partial charge in [0.1, 0.15) is 0 Å². The Kier molecular flexibility index (Phi) is 3.75. The van der Waals surface area contributed by atoms with E-state index in [4.69, 9.17) is 18.0 Å². The summed E-state index contributed by atoms with van der Waals surface area (Å²) in [5.41, 5.74) is 8.85. The van der Waals surface area contributed by atoms with Crippen molar-refractivity contribution in [1.82, 2.24) is 5.43 Å². The van der Waals surface area contributed by atoms with E-state index in [1.165, 1.54) is 25.7 Å². The molecule has 2 bridgehead atoms. The number of aliphatic hydroxyl groups is 1. The number of fused-ring (bicyclic) bond motifs is 4. The highest BCUT2D eigenvalue weighted by Gasteiger charge is 2.57. The fraction of sp³-hybridized carbons (Fsp3) is 0.867. The molecule has 3 aliphatic carbocycles. The average molecular weight is 295 g/mol. The van der Waals surface area contributed by atoms with Crippen LogP contribution in [0.1, 0.15) is 51.9 Å². The molecule has 0 aromatic carbocycles. The SMILES string of the molecule is C[C@@H]1[C@@H]2CCC[C@@H](/C2=N\NC(N)=S)[C@@]2(O)CCCC[C@H]12. The Labute approximate surface area is 126 Å². The lowest BCUT2D eigenvalue weighted by Crippen LogP contribution is -2.61. The minimum atomic E-state index is -0.550. The van der Waals surface area contributed by atoms with Crippen molar-refractivity contribution in [2.24, 2.45) is 34.5 Å². The van der Waals surface area contributed by atoms with Gasteiger partial charge in [0.2, 0.25) is 0 Å². The van der Waals surface area contributed by atoms with Crippen molar-refractivity contribution in [3.05, 3.63) is 0 Å². The maximum absolute atomic E-state index is 11.3. The van der Waals surface area contributed by atoms with Crippen molar-refractivity contribution in [1.29, 1.82) is 0 Å². The molecule has 3 saturated carbocycles. The zero-order valence-electron chi connectivity index (χ0n) is 12.1. The summed E-state index contributed by atoms with van der Waals surface area (Å²) in [4.78, 5) is 0. The number of hydrazone groups is 1. The number of nitrogens with one attached hydrogen (secondary N) is 1. The van der Waals surface area contributed by atoms with Crippen molar-refractivity contribution >= 4 is 23.0 Å². The summed E-state index contributed by atoms with van der Waals surface area (Å²) in [6, 6.07) is 0. The Bertz CT molecular complexity index is 439. The van der Waals surface area contributed by atoms with Crippen molar-refractivity contribution in [2.75, 3.05) is 0 Å². The van der Waals surface area contributed by atoms with Crippen molar-refractivity contribution in [3.63, 3.8) is 0 Å². The molecule has 0 radical (unpaired) electrons. The smallest absolute Gasteiger partial charge is 0.184 e. The first-order chi connectivity index (χ1) is 9.54. The standard InChI is InChI=1S/C15H25N3OS/c1-9-10-5-4-7-12(13(10)17-18-14(16)20)15(19)8-3-2-6-11(9)15/h9-12,19H,2-8H2,1H3,(H3,16,18,20)/b17-13-/t9-,10+,11-,12+,15-/m1/s1. The van der Waals surface area contributed by atoms with Crippen LogP contribution in [0.25, 0.3) is 0 Å². The molecule has 3 aliphatic rings. The van der Waals surface area contributed by atoms with E-state index in [1.807, 2.05) is 0 Å². The summed E-state index contributed by atoms with van der Waals surface area (Å²) >= 11 is 4.86. The van der Waals surface area contributed by atoms with Crippen LogP contribution in [-0.4, -0.2) is 21.5 Å². The molecule has 4 nitrogen and oxygen atoms in total. The van der Waals surface area contributed by atoms with Crippen LogP contribution < -0.4 is 11.2 Å². The second-order valence-corrected chi connectivity index (χ2v) is 7.25. The van der Waals surface area contributed by atoms with Crippen LogP contribution >= 0.6 is 12.2 Å². The van der Waals surface area contributed by atoms with E-state index in [0.29, 0.717) is 17.8 Å². The minimum absolute atomic E-state index is 0.199. The lowest BCUT2D eigenvalue weighted by Gasteiger charge is -2.57. The molecule has 0 unspecified atom stereocenters. The fourth-order valence-electron chi connectivity index (χ4n) is 5.05. The summed E-state index contributed by atoms with van der Waals surface area (Å²) in [7, 11) is 0. The van der Waals surface area contributed by atoms with Gasteiger partial charge < -0.3 is 10.8 Å². The predicted molar refractivity (Wildman–Crippen MR) is 84.3 cm³/mol. The van der Waals surface area contributed by atoms with E-state index in [9.17, 15) is 5.11 Å². The Balaban J connectivity index is 1.96. The summed E-state index contributed by atoms with van der Waals surface area (Å²) in [5, 5.41) is 16.0. The van der Waals surface area contributed by atoms with Crippen LogP contribution in [0, 0.1) is 23.7 Å². The lowest BCUT2D eigenvalue weighted by molar-refractivity contribution is -0.122. The van der Waals surface area contributed by atoms with Gasteiger partial charge in [-0.1, -0.05) is 26.2 Å². The summed E-state index contributed by atoms with van der Waals surface area (Å²) in [6.45, 7) is 2.30. The number of nitrogens with zero attached hydrogens (tertiary/aromatic N) is 1. The van der Waals surface area contributed by atoms with Gasteiger partial charge in [-0.2, -0.15) is 5.10 Å². The zero-order chi connectivity index (χ0) is 14.3. The van der Waals surface area contributed by atoms with Gasteiger partial charge in [-0.3, -0.25) is 5.43 Å². The molecule has 5 atom stereocenters. The predicted octanol–water partition coefficient (Wildman–Crippen LogP) is 2.16. The maximum Gasteiger partial charge on any atom is 0.184 e. The van der Waals surface area contributed by atoms with Gasteiger partial charge in [-0.05, 0) is 49.7 Å². The molecule has 0 amide bonds. The van der Waals surface area contributed by atoms with Crippen LogP contribution in [0.15, 0.2) is 5.10 Å². The van der Waals surface area contributed by atoms with Gasteiger partial charge in [0, 0.05) is 17.5 Å². The van der Waals surface area contributed by atoms with Crippen LogP contribution in [0.3, 0.4) is 0 Å². The van der Waals surface area contributed by atoms with Gasteiger partial charge in [-0.15, -0.1) is 0 Å². The second-order valence-electron chi connectivity index (χ2n) is 6.81. The maximum atomic E-state index is 11.3. The summed E-state index contributed by atoms with van der Waals surface area (Å²) in [6.07, 6.45) is 7.91. The zero-order valence-corrected chi connectivity index (χ0v) is 13.0. The molecule has 112 valence electrons. The summed E-state index contributed by atoms with van der Waals surface area (Å²) in [5.74, 6) is 1.63. The molecule has 3 fully saturated rings. The molecule has 20 heavy (non-hydrogen) atoms. The molecular formula is C15H25N3OS. The van der Waals surface area contributed by atoms with Crippen molar-refractivity contribution in [2.45, 2.75) is 57.5 Å². The summed E-state index contributed by atoms with van der Waals surface area (Å²) < 4.78 is 0. The van der Waals surface area contributed by atoms with E-state index >= 15 is 0 Å². The van der Waals surface area contributed by atoms with E-state index in [2.05, 4.69) is 17.5 Å². The largest absolute Gasteiger partial charge is 0.389 e. The van der Waals surface area contributed by atoms with Crippen molar-refractivity contribution < 1.29 is 5.11 Å². The molecule has 0 aromatic rings. The fourth-order valence-corrected chi connectivity index (χ4v) is 5.10. The number of hydrogen-bond donors (Lipinski definition) is 3. The normalized spacial score (nSPS) is 45.8. The number of hydrogen-bond acceptors (Lipinski definition) is 3. The van der Waals surface area contributed by atoms with Crippen LogP contribution in [0.4, 0.5) is 0 Å². The molecule has 0 heterocycles. The second kappa shape index (κ2) is 5.26. The van der Waals surface area contributed by atoms with E-state index in [0.717, 1.165) is 25.0 Å². The molecule has 0 saturated heterocycles. The quantitative estimate of drug-likeness (QED) is 0.512. The number of nitrogens with two attached hydrogens (primary N) is 1. The monoisotopic (exact) mass is 295 g/mol. The van der Waals surface area contributed by atoms with Gasteiger partial charge >= 0.3 is 0 Å². The van der Waals surface area contributed by atoms with E-state index < -0.39 is 5.60 Å². The number of thiocarbonyl (C=S) groups is 1. The number of rotatable bonds is 1. The Morgan fingerprint density at radius 2 is 2.15 bits per heavy atom. The molecule has 0 spiro atoms. The Morgan fingerprint density at radius 1 is 1.35 bits per heavy atom. The van der Waals surface area contributed by atoms with Crippen LogP contribution in [-0.2, 0) is 0 Å². The topological polar surface area (TPSA) is 70.6 Å². The highest BCUT2D eigenvalue weighted by Crippen LogP contribution is 2.55. The van der Waals surface area contributed by atoms with E-state index in [-0.39, 0.29) is 11.0 Å². The third-order valence-corrected chi connectivity index (χ3v) is 5.99. The third-order valence-electron chi connectivity index (χ3n) is 5.90. The lowest BCUT2D eigenvalue weighted by atomic mass is 9.51. The Morgan fingerprint density at radius 3 is 2.90 bits per heavy atom. The molecule has 0 aromatic heterocycles. The molecular weight excluding hydrogens is 270 g/mol. The Hall–Kier alpha value is -0.680. The van der Waals surface area contributed by atoms with E-state index in [1.54, 1.807) is 0 Å². The molecule has 3 rings (SSSR count). The van der Waals surface area contributed by atoms with Crippen LogP contribution in [0.2, 0.25) is 0 Å². The van der Waals surface area contributed by atoms with Gasteiger partial charge in [-0.25, -0.2) is 0 Å². The first-order valence-electron chi connectivity index (χ1n) is 7.89. The first kappa shape index (κ1) is 14.3. The molecule has 0 aliphatic heterocycles. The van der Waals surface area contributed by atoms with Gasteiger partial charge in [0.15, 0.2) is 5.11 Å². The average Bonchev–Trinajstić information content (AvgIpc) is 2.43. The highest BCUT2D eigenvalue weighted by molar-refractivity contribution is 7.80. The molecule has 4 N–H and O–H groups in total.